The predicted molar refractivity (Wildman–Crippen MR) is 110 cm³/mol. The summed E-state index contributed by atoms with van der Waals surface area (Å²) in [6.07, 6.45) is 5.00. The molecular weight excluding hydrogens is 390 g/mol. The van der Waals surface area contributed by atoms with Gasteiger partial charge in [0.05, 0.1) is 4.90 Å². The molecule has 0 bridgehead atoms. The Bertz CT molecular complexity index is 968. The van der Waals surface area contributed by atoms with Crippen molar-refractivity contribution in [3.05, 3.63) is 41.5 Å². The Labute approximate surface area is 172 Å². The molecular formula is C20H29N5O3S. The lowest BCUT2D eigenvalue weighted by atomic mass is 10.2. The molecule has 1 aliphatic rings. The lowest BCUT2D eigenvalue weighted by Crippen LogP contribution is -2.33. The van der Waals surface area contributed by atoms with Crippen LogP contribution in [-0.4, -0.2) is 53.0 Å². The minimum absolute atomic E-state index is 0.115. The Kier molecular flexibility index (Phi) is 6.69. The van der Waals surface area contributed by atoms with E-state index >= 15 is 0 Å². The quantitative estimate of drug-likeness (QED) is 0.740. The minimum atomic E-state index is -3.63. The molecule has 3 rings (SSSR count). The van der Waals surface area contributed by atoms with Crippen LogP contribution in [0.4, 0.5) is 0 Å². The summed E-state index contributed by atoms with van der Waals surface area (Å²) in [6.45, 7) is 4.95. The molecule has 0 unspecified atom stereocenters. The molecule has 1 aromatic heterocycles. The highest BCUT2D eigenvalue weighted by Gasteiger charge is 2.24. The first-order valence-corrected chi connectivity index (χ1v) is 11.5. The number of benzene rings is 1. The van der Waals surface area contributed by atoms with E-state index in [0.717, 1.165) is 37.5 Å². The van der Waals surface area contributed by atoms with E-state index in [0.29, 0.717) is 18.5 Å². The van der Waals surface area contributed by atoms with Crippen molar-refractivity contribution in [3.63, 3.8) is 0 Å². The fraction of sp³-hybridized carbons (Fsp3) is 0.550. The number of sulfonamides is 1. The lowest BCUT2D eigenvalue weighted by molar-refractivity contribution is 0.0953. The third-order valence-electron chi connectivity index (χ3n) is 5.32. The number of rotatable bonds is 7. The van der Waals surface area contributed by atoms with Gasteiger partial charge in [-0.25, -0.2) is 8.42 Å². The number of aromatic nitrogens is 3. The largest absolute Gasteiger partial charge is 0.352 e. The van der Waals surface area contributed by atoms with Gasteiger partial charge in [-0.05, 0) is 44.9 Å². The van der Waals surface area contributed by atoms with Gasteiger partial charge in [0.15, 0.2) is 0 Å². The second-order valence-corrected chi connectivity index (χ2v) is 9.64. The van der Waals surface area contributed by atoms with Crippen molar-refractivity contribution in [3.8, 4) is 0 Å². The van der Waals surface area contributed by atoms with Gasteiger partial charge in [0, 0.05) is 44.6 Å². The maximum absolute atomic E-state index is 12.7. The third-order valence-corrected chi connectivity index (χ3v) is 7.35. The number of hydrogen-bond acceptors (Lipinski definition) is 5. The molecule has 0 aliphatic carbocycles. The monoisotopic (exact) mass is 419 g/mol. The molecule has 9 heteroatoms. The van der Waals surface area contributed by atoms with Gasteiger partial charge in [0.1, 0.15) is 11.6 Å². The minimum Gasteiger partial charge on any atom is -0.352 e. The molecule has 0 radical (unpaired) electrons. The average molecular weight is 420 g/mol. The number of fused-ring (bicyclic) bond motifs is 1. The van der Waals surface area contributed by atoms with E-state index in [9.17, 15) is 13.2 Å². The van der Waals surface area contributed by atoms with Crippen LogP contribution in [0.1, 0.15) is 55.1 Å². The van der Waals surface area contributed by atoms with E-state index in [1.807, 2.05) is 0 Å². The van der Waals surface area contributed by atoms with E-state index in [1.54, 1.807) is 26.0 Å². The number of carbonyl (C=O) groups is 1. The number of nitrogens with one attached hydrogen (secondary N) is 1. The number of nitrogens with zero attached hydrogens (tertiary/aromatic N) is 4. The maximum Gasteiger partial charge on any atom is 0.251 e. The molecule has 1 aliphatic heterocycles. The molecule has 2 heterocycles. The zero-order valence-corrected chi connectivity index (χ0v) is 18.1. The average Bonchev–Trinajstić information content (AvgIpc) is 2.93. The topological polar surface area (TPSA) is 97.2 Å². The zero-order chi connectivity index (χ0) is 21.0. The number of hydrogen-bond donors (Lipinski definition) is 1. The van der Waals surface area contributed by atoms with Crippen LogP contribution in [0.3, 0.4) is 0 Å². The molecule has 1 N–H and O–H groups in total. The van der Waals surface area contributed by atoms with Crippen molar-refractivity contribution in [1.29, 1.82) is 0 Å². The van der Waals surface area contributed by atoms with Gasteiger partial charge in [-0.15, -0.1) is 10.2 Å². The second-order valence-electron chi connectivity index (χ2n) is 7.64. The first-order chi connectivity index (χ1) is 13.8. The standard InChI is InChI=1S/C20H29N5O3S/c1-15(2)24(3)29(27,28)17-9-7-8-16(14-17)20(26)21-12-11-19-23-22-18-10-5-4-6-13-25(18)19/h7-9,14-15H,4-6,10-13H2,1-3H3,(H,21,26). The molecule has 8 nitrogen and oxygen atoms in total. The van der Waals surface area contributed by atoms with Crippen LogP contribution in [0.15, 0.2) is 29.2 Å². The summed E-state index contributed by atoms with van der Waals surface area (Å²) >= 11 is 0. The summed E-state index contributed by atoms with van der Waals surface area (Å²) < 4.78 is 28.8. The van der Waals surface area contributed by atoms with Crippen molar-refractivity contribution in [2.24, 2.45) is 0 Å². The van der Waals surface area contributed by atoms with Crippen molar-refractivity contribution in [2.75, 3.05) is 13.6 Å². The molecule has 0 spiro atoms. The maximum atomic E-state index is 12.7. The van der Waals surface area contributed by atoms with Gasteiger partial charge in [-0.3, -0.25) is 4.79 Å². The smallest absolute Gasteiger partial charge is 0.251 e. The van der Waals surface area contributed by atoms with Crippen molar-refractivity contribution < 1.29 is 13.2 Å². The summed E-state index contributed by atoms with van der Waals surface area (Å²) in [6, 6.07) is 5.97. The summed E-state index contributed by atoms with van der Waals surface area (Å²) in [5, 5.41) is 11.4. The zero-order valence-electron chi connectivity index (χ0n) is 17.3. The second kappa shape index (κ2) is 9.04. The highest BCUT2D eigenvalue weighted by Crippen LogP contribution is 2.18. The Balaban J connectivity index is 1.64. The number of aryl methyl sites for hydroxylation is 1. The number of amides is 1. The molecule has 29 heavy (non-hydrogen) atoms. The van der Waals surface area contributed by atoms with Crippen LogP contribution >= 0.6 is 0 Å². The van der Waals surface area contributed by atoms with Crippen molar-refractivity contribution in [1.82, 2.24) is 24.4 Å². The highest BCUT2D eigenvalue weighted by molar-refractivity contribution is 7.89. The first kappa shape index (κ1) is 21.4. The van der Waals surface area contributed by atoms with Crippen LogP contribution in [0, 0.1) is 0 Å². The van der Waals surface area contributed by atoms with Crippen LogP contribution in [0.2, 0.25) is 0 Å². The Morgan fingerprint density at radius 2 is 2.03 bits per heavy atom. The Hall–Kier alpha value is -2.26. The normalized spacial score (nSPS) is 14.7. The van der Waals surface area contributed by atoms with E-state index < -0.39 is 10.0 Å². The predicted octanol–water partition coefficient (Wildman–Crippen LogP) is 2.01. The van der Waals surface area contributed by atoms with E-state index in [4.69, 9.17) is 0 Å². The van der Waals surface area contributed by atoms with Crippen LogP contribution in [-0.2, 0) is 29.4 Å². The molecule has 1 amide bonds. The lowest BCUT2D eigenvalue weighted by Gasteiger charge is -2.21. The van der Waals surface area contributed by atoms with Crippen molar-refractivity contribution >= 4 is 15.9 Å². The van der Waals surface area contributed by atoms with E-state index in [2.05, 4.69) is 20.1 Å². The Morgan fingerprint density at radius 3 is 2.79 bits per heavy atom. The van der Waals surface area contributed by atoms with Crippen LogP contribution in [0.5, 0.6) is 0 Å². The van der Waals surface area contributed by atoms with Gasteiger partial charge in [-0.2, -0.15) is 4.31 Å². The van der Waals surface area contributed by atoms with E-state index in [1.165, 1.54) is 29.9 Å². The van der Waals surface area contributed by atoms with Gasteiger partial charge < -0.3 is 9.88 Å². The van der Waals surface area contributed by atoms with Crippen LogP contribution in [0.25, 0.3) is 0 Å². The third kappa shape index (κ3) is 4.84. The van der Waals surface area contributed by atoms with Gasteiger partial charge in [0.2, 0.25) is 10.0 Å². The van der Waals surface area contributed by atoms with Crippen LogP contribution < -0.4 is 5.32 Å². The van der Waals surface area contributed by atoms with E-state index in [-0.39, 0.29) is 16.8 Å². The first-order valence-electron chi connectivity index (χ1n) is 10.1. The van der Waals surface area contributed by atoms with Gasteiger partial charge in [-0.1, -0.05) is 12.5 Å². The molecule has 0 fully saturated rings. The molecule has 158 valence electrons. The summed E-state index contributed by atoms with van der Waals surface area (Å²) in [7, 11) is -2.10. The molecule has 0 saturated carbocycles. The SMILES string of the molecule is CC(C)N(C)S(=O)(=O)c1cccc(C(=O)NCCc2nnc3n2CCCCC3)c1. The van der Waals surface area contributed by atoms with Gasteiger partial charge in [0.25, 0.3) is 5.91 Å². The van der Waals surface area contributed by atoms with Gasteiger partial charge >= 0.3 is 0 Å². The fourth-order valence-corrected chi connectivity index (χ4v) is 4.78. The summed E-state index contributed by atoms with van der Waals surface area (Å²) in [4.78, 5) is 12.7. The molecule has 0 saturated heterocycles. The van der Waals surface area contributed by atoms with Crippen molar-refractivity contribution in [2.45, 2.75) is 63.4 Å². The molecule has 1 aromatic carbocycles. The number of carbonyl (C=O) groups excluding carboxylic acids is 1. The highest BCUT2D eigenvalue weighted by atomic mass is 32.2. The summed E-state index contributed by atoms with van der Waals surface area (Å²) in [5.41, 5.74) is 0.323. The molecule has 2 aromatic rings. The summed E-state index contributed by atoms with van der Waals surface area (Å²) in [5.74, 6) is 1.61. The Morgan fingerprint density at radius 1 is 1.24 bits per heavy atom. The fourth-order valence-electron chi connectivity index (χ4n) is 3.36. The molecule has 0 atom stereocenters.